The summed E-state index contributed by atoms with van der Waals surface area (Å²) in [6.07, 6.45) is 4.22. The molecule has 4 heteroatoms. The van der Waals surface area contributed by atoms with Crippen molar-refractivity contribution in [2.45, 2.75) is 0 Å². The minimum Gasteiger partial charge on any atom is -0.369 e. The van der Waals surface area contributed by atoms with Crippen LogP contribution in [-0.2, 0) is 0 Å². The van der Waals surface area contributed by atoms with Gasteiger partial charge in [0.25, 0.3) is 0 Å². The van der Waals surface area contributed by atoms with Crippen LogP contribution in [0, 0.1) is 0 Å². The molecule has 0 spiro atoms. The summed E-state index contributed by atoms with van der Waals surface area (Å²) in [5, 5.41) is 3.15. The Labute approximate surface area is 145 Å². The van der Waals surface area contributed by atoms with Crippen LogP contribution in [0.5, 0.6) is 0 Å². The van der Waals surface area contributed by atoms with Gasteiger partial charge in [0.1, 0.15) is 0 Å². The number of aliphatic imine (C=N–C) groups is 1. The summed E-state index contributed by atoms with van der Waals surface area (Å²) in [7, 11) is 1.89. The van der Waals surface area contributed by atoms with Crippen LogP contribution in [0.3, 0.4) is 0 Å². The number of hydrogen-bond acceptors (Lipinski definition) is 1. The molecule has 3 nitrogen and oxygen atoms in total. The molecule has 0 bridgehead atoms. The van der Waals surface area contributed by atoms with Gasteiger partial charge in [0.2, 0.25) is 5.96 Å². The van der Waals surface area contributed by atoms with Gasteiger partial charge >= 0.3 is 0 Å². The highest BCUT2D eigenvalue weighted by Crippen LogP contribution is 2.37. The van der Waals surface area contributed by atoms with Crippen LogP contribution in [0.15, 0.2) is 59.6 Å². The van der Waals surface area contributed by atoms with Gasteiger partial charge in [0, 0.05) is 23.3 Å². The standard InChI is InChI=1S/C20H16ClN3/c1-24(16-9-7-15(21)8-10-16)20(22)23-18-12-6-14-4-2-3-13-5-11-17(18)19(13)14/h2-12H,1H3,(H2,22,23). The van der Waals surface area contributed by atoms with Gasteiger partial charge in [-0.05, 0) is 46.7 Å². The van der Waals surface area contributed by atoms with Crippen molar-refractivity contribution in [1.82, 2.24) is 0 Å². The second-order valence-corrected chi connectivity index (χ2v) is 6.22. The number of benzene rings is 3. The smallest absolute Gasteiger partial charge is 0.200 e. The molecular weight excluding hydrogens is 318 g/mol. The quantitative estimate of drug-likeness (QED) is 0.411. The van der Waals surface area contributed by atoms with Gasteiger partial charge in [-0.1, -0.05) is 48.0 Å². The number of guanidine groups is 1. The predicted molar refractivity (Wildman–Crippen MR) is 104 cm³/mol. The van der Waals surface area contributed by atoms with Crippen LogP contribution in [0.2, 0.25) is 5.02 Å². The first-order valence-corrected chi connectivity index (χ1v) is 8.08. The van der Waals surface area contributed by atoms with E-state index in [-0.39, 0.29) is 0 Å². The van der Waals surface area contributed by atoms with Crippen molar-refractivity contribution in [3.8, 4) is 0 Å². The topological polar surface area (TPSA) is 41.6 Å². The zero-order chi connectivity index (χ0) is 16.7. The number of nitrogens with two attached hydrogens (primary N) is 1. The van der Waals surface area contributed by atoms with E-state index in [1.807, 2.05) is 42.3 Å². The van der Waals surface area contributed by atoms with Gasteiger partial charge in [-0.3, -0.25) is 0 Å². The van der Waals surface area contributed by atoms with Crippen molar-refractivity contribution >= 4 is 51.9 Å². The van der Waals surface area contributed by atoms with Crippen molar-refractivity contribution < 1.29 is 0 Å². The van der Waals surface area contributed by atoms with Crippen LogP contribution >= 0.6 is 11.6 Å². The highest BCUT2D eigenvalue weighted by molar-refractivity contribution is 6.30. The second kappa shape index (κ2) is 5.69. The maximum absolute atomic E-state index is 6.22. The van der Waals surface area contributed by atoms with Crippen LogP contribution in [0.1, 0.15) is 11.1 Å². The third kappa shape index (κ3) is 2.43. The molecule has 0 fully saturated rings. The van der Waals surface area contributed by atoms with Crippen molar-refractivity contribution in [2.24, 2.45) is 10.7 Å². The van der Waals surface area contributed by atoms with Gasteiger partial charge in [0.05, 0.1) is 5.69 Å². The van der Waals surface area contributed by atoms with E-state index in [0.717, 1.165) is 16.9 Å². The molecule has 0 radical (unpaired) electrons. The normalized spacial score (nSPS) is 12.8. The molecule has 0 atom stereocenters. The maximum atomic E-state index is 6.22. The summed E-state index contributed by atoms with van der Waals surface area (Å²) in [4.78, 5) is 6.49. The molecule has 3 aromatic carbocycles. The lowest BCUT2D eigenvalue weighted by molar-refractivity contribution is 1.22. The Morgan fingerprint density at radius 3 is 2.58 bits per heavy atom. The summed E-state index contributed by atoms with van der Waals surface area (Å²) < 4.78 is 0. The number of anilines is 1. The number of halogens is 1. The molecule has 24 heavy (non-hydrogen) atoms. The summed E-state index contributed by atoms with van der Waals surface area (Å²) in [6.45, 7) is 0. The Morgan fingerprint density at radius 1 is 1.00 bits per heavy atom. The molecule has 0 unspecified atom stereocenters. The fraction of sp³-hybridized carbons (Fsp3) is 0.0500. The van der Waals surface area contributed by atoms with Crippen LogP contribution in [-0.4, -0.2) is 13.0 Å². The fourth-order valence-corrected chi connectivity index (χ4v) is 3.12. The van der Waals surface area contributed by atoms with E-state index in [2.05, 4.69) is 41.4 Å². The van der Waals surface area contributed by atoms with E-state index >= 15 is 0 Å². The van der Waals surface area contributed by atoms with Crippen LogP contribution < -0.4 is 10.6 Å². The third-order valence-corrected chi connectivity index (χ3v) is 4.57. The summed E-state index contributed by atoms with van der Waals surface area (Å²) >= 11 is 5.94. The molecule has 0 aliphatic heterocycles. The van der Waals surface area contributed by atoms with Gasteiger partial charge in [-0.15, -0.1) is 0 Å². The average molecular weight is 334 g/mol. The fourth-order valence-electron chi connectivity index (χ4n) is 3.00. The Hall–Kier alpha value is -2.78. The minimum absolute atomic E-state index is 0.436. The Bertz CT molecular complexity index is 988. The summed E-state index contributed by atoms with van der Waals surface area (Å²) in [5.41, 5.74) is 10.4. The highest BCUT2D eigenvalue weighted by atomic mass is 35.5. The highest BCUT2D eigenvalue weighted by Gasteiger charge is 2.13. The molecule has 0 aromatic heterocycles. The first-order valence-electron chi connectivity index (χ1n) is 7.71. The largest absolute Gasteiger partial charge is 0.369 e. The van der Waals surface area contributed by atoms with Gasteiger partial charge in [0.15, 0.2) is 0 Å². The van der Waals surface area contributed by atoms with Crippen molar-refractivity contribution in [1.29, 1.82) is 0 Å². The summed E-state index contributed by atoms with van der Waals surface area (Å²) in [6, 6.07) is 17.9. The van der Waals surface area contributed by atoms with Crippen LogP contribution in [0.4, 0.5) is 11.4 Å². The SMILES string of the molecule is CN(C(N)=Nc1ccc2cccc3c2c1C=C3)c1ccc(Cl)cc1. The molecule has 118 valence electrons. The van der Waals surface area contributed by atoms with Gasteiger partial charge in [-0.25, -0.2) is 4.99 Å². The molecule has 0 saturated carbocycles. The first-order chi connectivity index (χ1) is 11.6. The monoisotopic (exact) mass is 333 g/mol. The molecule has 0 amide bonds. The lowest BCUT2D eigenvalue weighted by Gasteiger charge is -2.18. The number of nitrogens with zero attached hydrogens (tertiary/aromatic N) is 2. The maximum Gasteiger partial charge on any atom is 0.200 e. The molecule has 0 heterocycles. The second-order valence-electron chi connectivity index (χ2n) is 5.78. The number of rotatable bonds is 2. The number of hydrogen-bond donors (Lipinski definition) is 1. The van der Waals surface area contributed by atoms with E-state index in [9.17, 15) is 0 Å². The molecule has 4 rings (SSSR count). The summed E-state index contributed by atoms with van der Waals surface area (Å²) in [5.74, 6) is 0.436. The zero-order valence-corrected chi connectivity index (χ0v) is 14.0. The van der Waals surface area contributed by atoms with E-state index in [1.165, 1.54) is 16.3 Å². The predicted octanol–water partition coefficient (Wildman–Crippen LogP) is 5.06. The third-order valence-electron chi connectivity index (χ3n) is 4.32. The molecule has 3 aromatic rings. The van der Waals surface area contributed by atoms with E-state index in [1.54, 1.807) is 0 Å². The van der Waals surface area contributed by atoms with Crippen LogP contribution in [0.25, 0.3) is 22.9 Å². The Balaban J connectivity index is 1.75. The van der Waals surface area contributed by atoms with E-state index in [0.29, 0.717) is 11.0 Å². The average Bonchev–Trinajstić information content (AvgIpc) is 3.03. The lowest BCUT2D eigenvalue weighted by Crippen LogP contribution is -2.33. The zero-order valence-electron chi connectivity index (χ0n) is 13.2. The van der Waals surface area contributed by atoms with Gasteiger partial charge < -0.3 is 10.6 Å². The molecule has 0 saturated heterocycles. The molecular formula is C20H16ClN3. The van der Waals surface area contributed by atoms with Crippen molar-refractivity contribution in [3.63, 3.8) is 0 Å². The Morgan fingerprint density at radius 2 is 1.79 bits per heavy atom. The molecule has 1 aliphatic rings. The van der Waals surface area contributed by atoms with E-state index in [4.69, 9.17) is 17.3 Å². The van der Waals surface area contributed by atoms with Gasteiger partial charge in [-0.2, -0.15) is 0 Å². The minimum atomic E-state index is 0.436. The van der Waals surface area contributed by atoms with Crippen molar-refractivity contribution in [2.75, 3.05) is 11.9 Å². The van der Waals surface area contributed by atoms with E-state index < -0.39 is 0 Å². The van der Waals surface area contributed by atoms with Crippen molar-refractivity contribution in [3.05, 3.63) is 70.7 Å². The molecule has 1 aliphatic carbocycles. The first kappa shape index (κ1) is 14.8. The lowest BCUT2D eigenvalue weighted by atomic mass is 10.0. The Kier molecular flexibility index (Phi) is 3.51. The molecule has 2 N–H and O–H groups in total.